The van der Waals surface area contributed by atoms with Crippen molar-refractivity contribution >= 4 is 17.0 Å². The fourth-order valence-corrected chi connectivity index (χ4v) is 8.58. The quantitative estimate of drug-likeness (QED) is 0.515. The Morgan fingerprint density at radius 2 is 1.59 bits per heavy atom. The first kappa shape index (κ1) is 24.7. The summed E-state index contributed by atoms with van der Waals surface area (Å²) in [4.78, 5) is 45.4. The first-order chi connectivity index (χ1) is 19.0. The normalized spacial score (nSPS) is 30.9. The number of benzene rings is 1. The highest BCUT2D eigenvalue weighted by Gasteiger charge is 2.45. The average molecular weight is 533 g/mol. The lowest BCUT2D eigenvalue weighted by Crippen LogP contribution is -2.58. The molecule has 3 aromatic rings. The molecule has 2 aliphatic heterocycles. The van der Waals surface area contributed by atoms with Crippen LogP contribution in [0.4, 0.5) is 0 Å². The summed E-state index contributed by atoms with van der Waals surface area (Å²) < 4.78 is 2.85. The van der Waals surface area contributed by atoms with Gasteiger partial charge in [-0.05, 0) is 68.9 Å². The molecule has 0 amide bonds. The molecule has 4 unspecified atom stereocenters. The van der Waals surface area contributed by atoms with Crippen LogP contribution in [0.5, 0.6) is 0 Å². The summed E-state index contributed by atoms with van der Waals surface area (Å²) in [5.74, 6) is 0.547. The molecule has 4 heterocycles. The van der Waals surface area contributed by atoms with Crippen LogP contribution in [0.2, 0.25) is 0 Å². The molecule has 2 aliphatic carbocycles. The Balaban J connectivity index is 1.27. The van der Waals surface area contributed by atoms with Gasteiger partial charge in [-0.25, -0.2) is 14.9 Å². The number of carboxylic acid groups (broad SMARTS) is 1. The average Bonchev–Trinajstić information content (AvgIpc) is 3.26. The van der Waals surface area contributed by atoms with Crippen molar-refractivity contribution in [3.8, 4) is 11.5 Å². The van der Waals surface area contributed by atoms with E-state index in [1.165, 1.54) is 57.8 Å². The SMILES string of the molecule is O=C(O)Cn1c(-c2nc3ccccc3n(C3CC4CCCC(C3)N4C3CC4CCCC(C4)C3)c2=O)n[nH]c1=O. The van der Waals surface area contributed by atoms with Gasteiger partial charge in [0.2, 0.25) is 0 Å². The fraction of sp³-hybridized carbons (Fsp3) is 0.621. The molecule has 4 fully saturated rings. The number of hydrogen-bond donors (Lipinski definition) is 2. The lowest BCUT2D eigenvalue weighted by Gasteiger charge is -2.55. The summed E-state index contributed by atoms with van der Waals surface area (Å²) in [6.07, 6.45) is 13.7. The fourth-order valence-electron chi connectivity index (χ4n) is 8.58. The van der Waals surface area contributed by atoms with Crippen LogP contribution in [0.15, 0.2) is 33.9 Å². The molecule has 39 heavy (non-hydrogen) atoms. The Morgan fingerprint density at radius 3 is 2.31 bits per heavy atom. The van der Waals surface area contributed by atoms with Gasteiger partial charge in [0.05, 0.1) is 11.0 Å². The van der Waals surface area contributed by atoms with Crippen LogP contribution in [0, 0.1) is 11.8 Å². The molecule has 7 rings (SSSR count). The number of carboxylic acids is 1. The molecule has 0 radical (unpaired) electrons. The molecule has 4 bridgehead atoms. The van der Waals surface area contributed by atoms with Gasteiger partial charge in [-0.15, -0.1) is 0 Å². The minimum atomic E-state index is -1.19. The van der Waals surface area contributed by atoms with Gasteiger partial charge in [-0.1, -0.05) is 37.8 Å². The molecule has 2 aromatic heterocycles. The van der Waals surface area contributed by atoms with Crippen LogP contribution in [0.3, 0.4) is 0 Å². The van der Waals surface area contributed by atoms with E-state index in [0.29, 0.717) is 23.6 Å². The number of aromatic nitrogens is 5. The second-order valence-corrected chi connectivity index (χ2v) is 12.3. The summed E-state index contributed by atoms with van der Waals surface area (Å²) in [7, 11) is 0. The smallest absolute Gasteiger partial charge is 0.344 e. The number of aromatic amines is 1. The number of piperidine rings is 2. The van der Waals surface area contributed by atoms with Crippen LogP contribution in [0.25, 0.3) is 22.6 Å². The molecule has 206 valence electrons. The van der Waals surface area contributed by atoms with Crippen molar-refractivity contribution < 1.29 is 9.90 Å². The van der Waals surface area contributed by atoms with Crippen molar-refractivity contribution in [3.63, 3.8) is 0 Å². The Kier molecular flexibility index (Phi) is 6.17. The summed E-state index contributed by atoms with van der Waals surface area (Å²) >= 11 is 0. The van der Waals surface area contributed by atoms with E-state index in [4.69, 9.17) is 0 Å². The molecule has 2 N–H and O–H groups in total. The first-order valence-corrected chi connectivity index (χ1v) is 14.6. The monoisotopic (exact) mass is 532 g/mol. The summed E-state index contributed by atoms with van der Waals surface area (Å²) in [6, 6.07) is 9.20. The third kappa shape index (κ3) is 4.33. The number of para-hydroxylation sites is 2. The van der Waals surface area contributed by atoms with Crippen LogP contribution in [-0.2, 0) is 11.3 Å². The van der Waals surface area contributed by atoms with E-state index in [2.05, 4.69) is 20.1 Å². The van der Waals surface area contributed by atoms with Gasteiger partial charge in [0.25, 0.3) is 5.56 Å². The van der Waals surface area contributed by atoms with E-state index in [-0.39, 0.29) is 23.1 Å². The van der Waals surface area contributed by atoms with E-state index in [1.54, 1.807) is 0 Å². The van der Waals surface area contributed by atoms with Crippen LogP contribution in [0.1, 0.15) is 76.7 Å². The summed E-state index contributed by atoms with van der Waals surface area (Å²) in [5.41, 5.74) is 0.437. The van der Waals surface area contributed by atoms with Gasteiger partial charge < -0.3 is 9.67 Å². The van der Waals surface area contributed by atoms with Crippen molar-refractivity contribution in [2.24, 2.45) is 11.8 Å². The van der Waals surface area contributed by atoms with E-state index >= 15 is 0 Å². The number of nitrogens with one attached hydrogen (secondary N) is 1. The van der Waals surface area contributed by atoms with Gasteiger partial charge in [0.15, 0.2) is 11.5 Å². The Hall–Kier alpha value is -3.27. The molecule has 10 heteroatoms. The molecule has 4 atom stereocenters. The van der Waals surface area contributed by atoms with E-state index < -0.39 is 18.2 Å². The van der Waals surface area contributed by atoms with Crippen molar-refractivity contribution in [2.75, 3.05) is 0 Å². The highest BCUT2D eigenvalue weighted by molar-refractivity contribution is 5.77. The van der Waals surface area contributed by atoms with E-state index in [1.807, 2.05) is 28.8 Å². The zero-order valence-corrected chi connectivity index (χ0v) is 22.2. The number of carbonyl (C=O) groups is 1. The molecule has 10 nitrogen and oxygen atoms in total. The minimum Gasteiger partial charge on any atom is -0.480 e. The zero-order valence-electron chi connectivity index (χ0n) is 22.2. The second kappa shape index (κ2) is 9.73. The van der Waals surface area contributed by atoms with Gasteiger partial charge in [-0.2, -0.15) is 5.10 Å². The molecule has 1 aromatic carbocycles. The highest BCUT2D eigenvalue weighted by atomic mass is 16.4. The number of H-pyrrole nitrogens is 1. The minimum absolute atomic E-state index is 0.0115. The maximum atomic E-state index is 14.1. The largest absolute Gasteiger partial charge is 0.480 e. The maximum absolute atomic E-state index is 14.1. The highest BCUT2D eigenvalue weighted by Crippen LogP contribution is 2.47. The van der Waals surface area contributed by atoms with Gasteiger partial charge in [-0.3, -0.25) is 19.1 Å². The van der Waals surface area contributed by atoms with Crippen LogP contribution >= 0.6 is 0 Å². The predicted molar refractivity (Wildman–Crippen MR) is 145 cm³/mol. The number of hydrogen-bond acceptors (Lipinski definition) is 6. The topological polar surface area (TPSA) is 126 Å². The van der Waals surface area contributed by atoms with Gasteiger partial charge >= 0.3 is 11.7 Å². The Labute approximate surface area is 226 Å². The lowest BCUT2D eigenvalue weighted by molar-refractivity contribution is -0.137. The van der Waals surface area contributed by atoms with Crippen LogP contribution in [-0.4, -0.2) is 58.4 Å². The zero-order chi connectivity index (χ0) is 26.7. The number of aliphatic carboxylic acids is 1. The second-order valence-electron chi connectivity index (χ2n) is 12.3. The van der Waals surface area contributed by atoms with Gasteiger partial charge in [0.1, 0.15) is 6.54 Å². The standard InChI is InChI=1S/C29H36N6O4/c36-25(37)16-33-27(31-32-29(33)39)26-28(38)35(24-10-2-1-9-23(24)30-26)22-14-19-7-4-8-20(15-22)34(19)21-12-17-5-3-6-18(11-17)13-21/h1-2,9-10,17-22H,3-8,11-16H2,(H,32,39)(H,36,37). The summed E-state index contributed by atoms with van der Waals surface area (Å²) in [6.45, 7) is -0.593. The van der Waals surface area contributed by atoms with Crippen molar-refractivity contribution in [2.45, 2.75) is 101 Å². The Morgan fingerprint density at radius 1 is 0.897 bits per heavy atom. The number of nitrogens with zero attached hydrogens (tertiary/aromatic N) is 5. The number of rotatable bonds is 5. The van der Waals surface area contributed by atoms with Gasteiger partial charge in [0, 0.05) is 24.2 Å². The lowest BCUT2D eigenvalue weighted by atomic mass is 9.68. The molecule has 4 aliphatic rings. The maximum Gasteiger partial charge on any atom is 0.344 e. The molecule has 2 saturated carbocycles. The first-order valence-electron chi connectivity index (χ1n) is 14.6. The summed E-state index contributed by atoms with van der Waals surface area (Å²) in [5, 5.41) is 15.7. The Bertz CT molecular complexity index is 1500. The van der Waals surface area contributed by atoms with Crippen molar-refractivity contribution in [1.82, 2.24) is 29.2 Å². The predicted octanol–water partition coefficient (Wildman–Crippen LogP) is 3.56. The third-order valence-electron chi connectivity index (χ3n) is 9.95. The van der Waals surface area contributed by atoms with Crippen molar-refractivity contribution in [1.29, 1.82) is 0 Å². The molecular weight excluding hydrogens is 496 g/mol. The number of fused-ring (bicyclic) bond motifs is 5. The molecule has 2 saturated heterocycles. The van der Waals surface area contributed by atoms with E-state index in [0.717, 1.165) is 34.8 Å². The van der Waals surface area contributed by atoms with E-state index in [9.17, 15) is 19.5 Å². The van der Waals surface area contributed by atoms with Crippen molar-refractivity contribution in [3.05, 3.63) is 45.1 Å². The third-order valence-corrected chi connectivity index (χ3v) is 9.95. The molecular formula is C29H36N6O4. The molecule has 0 spiro atoms. The van der Waals surface area contributed by atoms with Crippen LogP contribution < -0.4 is 11.2 Å².